The van der Waals surface area contributed by atoms with Gasteiger partial charge in [-0.25, -0.2) is 4.98 Å². The Kier molecular flexibility index (Phi) is 4.94. The first-order chi connectivity index (χ1) is 10.1. The summed E-state index contributed by atoms with van der Waals surface area (Å²) in [5.74, 6) is 1.01. The van der Waals surface area contributed by atoms with Gasteiger partial charge in [0.1, 0.15) is 12.4 Å². The van der Waals surface area contributed by atoms with Gasteiger partial charge in [0.15, 0.2) is 5.89 Å². The van der Waals surface area contributed by atoms with Crippen LogP contribution < -0.4 is 10.1 Å². The molecule has 0 aliphatic rings. The van der Waals surface area contributed by atoms with Crippen molar-refractivity contribution in [3.05, 3.63) is 47.2 Å². The zero-order chi connectivity index (χ0) is 15.2. The van der Waals surface area contributed by atoms with Gasteiger partial charge >= 0.3 is 0 Å². The first kappa shape index (κ1) is 15.1. The Hall–Kier alpha value is -2.34. The molecule has 21 heavy (non-hydrogen) atoms. The maximum atomic E-state index is 12.1. The summed E-state index contributed by atoms with van der Waals surface area (Å²) < 4.78 is 10.7. The highest BCUT2D eigenvalue weighted by Gasteiger charge is 2.16. The van der Waals surface area contributed by atoms with Crippen molar-refractivity contribution in [2.24, 2.45) is 0 Å². The lowest BCUT2D eigenvalue weighted by Gasteiger charge is -2.11. The lowest BCUT2D eigenvalue weighted by molar-refractivity contribution is 0.0920. The van der Waals surface area contributed by atoms with E-state index in [0.717, 1.165) is 5.56 Å². The first-order valence-corrected chi connectivity index (χ1v) is 6.65. The molecule has 112 valence electrons. The van der Waals surface area contributed by atoms with Crippen LogP contribution in [0.1, 0.15) is 27.7 Å². The normalized spacial score (nSPS) is 10.4. The van der Waals surface area contributed by atoms with Gasteiger partial charge in [-0.1, -0.05) is 18.2 Å². The molecule has 0 aliphatic carbocycles. The molecule has 1 amide bonds. The minimum atomic E-state index is -0.315. The van der Waals surface area contributed by atoms with Crippen molar-refractivity contribution in [1.82, 2.24) is 10.3 Å². The first-order valence-electron chi connectivity index (χ1n) is 6.65. The SMILES string of the molecule is Cc1nc(C)c(C(=O)NCc2ccccc2OCCO)o1. The topological polar surface area (TPSA) is 84.6 Å². The number of para-hydroxylation sites is 1. The quantitative estimate of drug-likeness (QED) is 0.844. The molecule has 1 aromatic carbocycles. The fourth-order valence-corrected chi connectivity index (χ4v) is 1.94. The number of carbonyl (C=O) groups is 1. The van der Waals surface area contributed by atoms with Crippen molar-refractivity contribution >= 4 is 5.91 Å². The van der Waals surface area contributed by atoms with E-state index in [0.29, 0.717) is 23.9 Å². The Morgan fingerprint density at radius 2 is 2.14 bits per heavy atom. The standard InChI is InChI=1S/C15H18N2O4/c1-10-14(21-11(2)17-10)15(19)16-9-12-5-3-4-6-13(12)20-8-7-18/h3-6,18H,7-9H2,1-2H3,(H,16,19). The van der Waals surface area contributed by atoms with Crippen LogP contribution in [0, 0.1) is 13.8 Å². The molecule has 0 unspecified atom stereocenters. The van der Waals surface area contributed by atoms with Gasteiger partial charge in [-0.2, -0.15) is 0 Å². The van der Waals surface area contributed by atoms with Crippen LogP contribution in [0.5, 0.6) is 5.75 Å². The monoisotopic (exact) mass is 290 g/mol. The molecule has 2 aromatic rings. The number of ether oxygens (including phenoxy) is 1. The summed E-state index contributed by atoms with van der Waals surface area (Å²) >= 11 is 0. The van der Waals surface area contributed by atoms with Crippen LogP contribution >= 0.6 is 0 Å². The molecule has 0 aliphatic heterocycles. The van der Waals surface area contributed by atoms with Gasteiger partial charge in [0.2, 0.25) is 5.76 Å². The van der Waals surface area contributed by atoms with E-state index in [9.17, 15) is 4.79 Å². The van der Waals surface area contributed by atoms with E-state index in [1.54, 1.807) is 19.9 Å². The van der Waals surface area contributed by atoms with E-state index < -0.39 is 0 Å². The second-order valence-electron chi connectivity index (χ2n) is 4.51. The number of aliphatic hydroxyl groups is 1. The highest BCUT2D eigenvalue weighted by molar-refractivity contribution is 5.92. The molecule has 1 aromatic heterocycles. The van der Waals surface area contributed by atoms with E-state index in [4.69, 9.17) is 14.3 Å². The van der Waals surface area contributed by atoms with E-state index in [-0.39, 0.29) is 24.9 Å². The minimum absolute atomic E-state index is 0.0583. The molecule has 2 N–H and O–H groups in total. The number of rotatable bonds is 6. The van der Waals surface area contributed by atoms with Crippen LogP contribution in [0.3, 0.4) is 0 Å². The van der Waals surface area contributed by atoms with E-state index >= 15 is 0 Å². The maximum Gasteiger partial charge on any atom is 0.289 e. The zero-order valence-corrected chi connectivity index (χ0v) is 12.0. The molecule has 0 atom stereocenters. The lowest BCUT2D eigenvalue weighted by Crippen LogP contribution is -2.23. The Balaban J connectivity index is 2.03. The summed E-state index contributed by atoms with van der Waals surface area (Å²) in [5.41, 5.74) is 1.39. The van der Waals surface area contributed by atoms with Crippen LogP contribution in [-0.4, -0.2) is 29.2 Å². The number of hydrogen-bond donors (Lipinski definition) is 2. The van der Waals surface area contributed by atoms with E-state index in [2.05, 4.69) is 10.3 Å². The summed E-state index contributed by atoms with van der Waals surface area (Å²) in [7, 11) is 0. The summed E-state index contributed by atoms with van der Waals surface area (Å²) in [6, 6.07) is 7.34. The van der Waals surface area contributed by atoms with Crippen molar-refractivity contribution in [2.45, 2.75) is 20.4 Å². The van der Waals surface area contributed by atoms with Crippen LogP contribution in [0.4, 0.5) is 0 Å². The van der Waals surface area contributed by atoms with Crippen LogP contribution in [0.2, 0.25) is 0 Å². The number of hydrogen-bond acceptors (Lipinski definition) is 5. The number of amides is 1. The number of aryl methyl sites for hydroxylation is 2. The van der Waals surface area contributed by atoms with E-state index in [1.165, 1.54) is 0 Å². The number of nitrogens with zero attached hydrogens (tertiary/aromatic N) is 1. The highest BCUT2D eigenvalue weighted by atomic mass is 16.5. The average molecular weight is 290 g/mol. The van der Waals surface area contributed by atoms with Crippen LogP contribution in [0.25, 0.3) is 0 Å². The van der Waals surface area contributed by atoms with Gasteiger partial charge in [-0.05, 0) is 13.0 Å². The number of carbonyl (C=O) groups excluding carboxylic acids is 1. The summed E-state index contributed by atoms with van der Waals surface area (Å²) in [6.45, 7) is 3.88. The van der Waals surface area contributed by atoms with Crippen molar-refractivity contribution in [1.29, 1.82) is 0 Å². The molecule has 2 rings (SSSR count). The Morgan fingerprint density at radius 1 is 1.38 bits per heavy atom. The molecular weight excluding hydrogens is 272 g/mol. The Morgan fingerprint density at radius 3 is 2.81 bits per heavy atom. The third-order valence-electron chi connectivity index (χ3n) is 2.87. The third kappa shape index (κ3) is 3.82. The molecule has 1 heterocycles. The summed E-state index contributed by atoms with van der Waals surface area (Å²) in [5, 5.41) is 11.6. The second kappa shape index (κ2) is 6.90. The summed E-state index contributed by atoms with van der Waals surface area (Å²) in [4.78, 5) is 16.1. The molecule has 6 nitrogen and oxygen atoms in total. The van der Waals surface area contributed by atoms with Gasteiger partial charge in [-0.3, -0.25) is 4.79 Å². The number of nitrogens with one attached hydrogen (secondary N) is 1. The Bertz CT molecular complexity index is 622. The molecule has 0 fully saturated rings. The van der Waals surface area contributed by atoms with Gasteiger partial charge in [-0.15, -0.1) is 0 Å². The largest absolute Gasteiger partial charge is 0.491 e. The Labute approximate surface area is 122 Å². The zero-order valence-electron chi connectivity index (χ0n) is 12.0. The molecule has 0 saturated heterocycles. The highest BCUT2D eigenvalue weighted by Crippen LogP contribution is 2.18. The molecular formula is C15H18N2O4. The second-order valence-corrected chi connectivity index (χ2v) is 4.51. The van der Waals surface area contributed by atoms with Crippen molar-refractivity contribution in [2.75, 3.05) is 13.2 Å². The number of aromatic nitrogens is 1. The predicted molar refractivity (Wildman–Crippen MR) is 76.2 cm³/mol. The molecule has 0 bridgehead atoms. The third-order valence-corrected chi connectivity index (χ3v) is 2.87. The molecule has 0 spiro atoms. The van der Waals surface area contributed by atoms with Gasteiger partial charge < -0.3 is 19.6 Å². The predicted octanol–water partition coefficient (Wildman–Crippen LogP) is 1.59. The van der Waals surface area contributed by atoms with Crippen LogP contribution in [0.15, 0.2) is 28.7 Å². The van der Waals surface area contributed by atoms with Gasteiger partial charge in [0, 0.05) is 19.0 Å². The fourth-order valence-electron chi connectivity index (χ4n) is 1.94. The lowest BCUT2D eigenvalue weighted by atomic mass is 10.2. The molecule has 6 heteroatoms. The number of aliphatic hydroxyl groups excluding tert-OH is 1. The fraction of sp³-hybridized carbons (Fsp3) is 0.333. The number of benzene rings is 1. The van der Waals surface area contributed by atoms with Crippen LogP contribution in [-0.2, 0) is 6.54 Å². The van der Waals surface area contributed by atoms with Gasteiger partial charge in [0.25, 0.3) is 5.91 Å². The average Bonchev–Trinajstić information content (AvgIpc) is 2.82. The maximum absolute atomic E-state index is 12.1. The smallest absolute Gasteiger partial charge is 0.289 e. The van der Waals surface area contributed by atoms with Gasteiger partial charge in [0.05, 0.1) is 12.3 Å². The molecule has 0 saturated carbocycles. The van der Waals surface area contributed by atoms with Crippen molar-refractivity contribution in [3.8, 4) is 5.75 Å². The summed E-state index contributed by atoms with van der Waals surface area (Å²) in [6.07, 6.45) is 0. The minimum Gasteiger partial charge on any atom is -0.491 e. The van der Waals surface area contributed by atoms with E-state index in [1.807, 2.05) is 18.2 Å². The molecule has 0 radical (unpaired) electrons. The van der Waals surface area contributed by atoms with Crippen molar-refractivity contribution < 1.29 is 19.1 Å². The van der Waals surface area contributed by atoms with Crippen molar-refractivity contribution in [3.63, 3.8) is 0 Å². The number of oxazole rings is 1.